The fraction of sp³-hybridized carbons (Fsp3) is 0.278. The van der Waals surface area contributed by atoms with Crippen molar-refractivity contribution in [3.8, 4) is 5.69 Å². The first-order valence-electron chi connectivity index (χ1n) is 7.99. The first-order chi connectivity index (χ1) is 11.6. The number of para-hydroxylation sites is 1. The number of rotatable bonds is 3. The molecule has 6 heteroatoms. The van der Waals surface area contributed by atoms with Gasteiger partial charge in [-0.15, -0.1) is 0 Å². The van der Waals surface area contributed by atoms with Crippen LogP contribution in [0, 0.1) is 0 Å². The smallest absolute Gasteiger partial charge is 0.246 e. The van der Waals surface area contributed by atoms with Gasteiger partial charge in [-0.1, -0.05) is 18.2 Å². The molecule has 1 N–H and O–H groups in total. The highest BCUT2D eigenvalue weighted by molar-refractivity contribution is 5.92. The minimum absolute atomic E-state index is 0.00841. The van der Waals surface area contributed by atoms with Gasteiger partial charge >= 0.3 is 0 Å². The molecular formula is C18H20N4O2. The third-order valence-electron chi connectivity index (χ3n) is 4.01. The van der Waals surface area contributed by atoms with Crippen LogP contribution in [-0.2, 0) is 9.59 Å². The van der Waals surface area contributed by atoms with Crippen molar-refractivity contribution in [1.82, 2.24) is 20.0 Å². The summed E-state index contributed by atoms with van der Waals surface area (Å²) in [6.45, 7) is 2.91. The van der Waals surface area contributed by atoms with Gasteiger partial charge in [0.05, 0.1) is 11.9 Å². The fourth-order valence-corrected chi connectivity index (χ4v) is 2.72. The predicted molar refractivity (Wildman–Crippen MR) is 91.4 cm³/mol. The summed E-state index contributed by atoms with van der Waals surface area (Å²) < 4.78 is 1.77. The van der Waals surface area contributed by atoms with E-state index in [1.165, 1.54) is 0 Å². The van der Waals surface area contributed by atoms with Crippen LogP contribution in [-0.4, -0.2) is 45.6 Å². The van der Waals surface area contributed by atoms with Gasteiger partial charge in [-0.25, -0.2) is 4.68 Å². The third-order valence-corrected chi connectivity index (χ3v) is 4.01. The Balaban J connectivity index is 1.68. The number of nitrogens with one attached hydrogen (secondary N) is 1. The maximum absolute atomic E-state index is 12.4. The second-order valence-electron chi connectivity index (χ2n) is 5.82. The molecule has 2 amide bonds. The predicted octanol–water partition coefficient (Wildman–Crippen LogP) is 1.62. The van der Waals surface area contributed by atoms with E-state index in [1.807, 2.05) is 43.5 Å². The van der Waals surface area contributed by atoms with E-state index in [2.05, 4.69) is 10.4 Å². The maximum atomic E-state index is 12.4. The number of aromatic nitrogens is 2. The van der Waals surface area contributed by atoms with E-state index in [1.54, 1.807) is 27.9 Å². The van der Waals surface area contributed by atoms with Gasteiger partial charge in [0.15, 0.2) is 0 Å². The number of carbonyl (C=O) groups is 2. The summed E-state index contributed by atoms with van der Waals surface area (Å²) in [7, 11) is 0. The largest absolute Gasteiger partial charge is 0.354 e. The van der Waals surface area contributed by atoms with Crippen LogP contribution < -0.4 is 5.32 Å². The average molecular weight is 324 g/mol. The second-order valence-corrected chi connectivity index (χ2v) is 5.82. The number of hydrogen-bond donors (Lipinski definition) is 1. The van der Waals surface area contributed by atoms with Crippen molar-refractivity contribution in [2.45, 2.75) is 19.4 Å². The summed E-state index contributed by atoms with van der Waals surface area (Å²) in [6.07, 6.45) is 7.22. The lowest BCUT2D eigenvalue weighted by Crippen LogP contribution is -2.38. The number of nitrogens with zero attached hydrogens (tertiary/aromatic N) is 3. The van der Waals surface area contributed by atoms with Crippen LogP contribution in [0.15, 0.2) is 48.8 Å². The summed E-state index contributed by atoms with van der Waals surface area (Å²) in [5.41, 5.74) is 1.82. The van der Waals surface area contributed by atoms with Gasteiger partial charge in [-0.05, 0) is 25.1 Å². The van der Waals surface area contributed by atoms with E-state index in [4.69, 9.17) is 0 Å². The van der Waals surface area contributed by atoms with Crippen molar-refractivity contribution in [2.75, 3.05) is 13.1 Å². The highest BCUT2D eigenvalue weighted by Crippen LogP contribution is 2.11. The second kappa shape index (κ2) is 7.12. The van der Waals surface area contributed by atoms with E-state index >= 15 is 0 Å². The molecular weight excluding hydrogens is 304 g/mol. The van der Waals surface area contributed by atoms with Gasteiger partial charge in [0.1, 0.15) is 0 Å². The molecule has 3 rings (SSSR count). The van der Waals surface area contributed by atoms with E-state index in [-0.39, 0.29) is 17.9 Å². The molecule has 1 aromatic heterocycles. The Morgan fingerprint density at radius 1 is 1.33 bits per heavy atom. The molecule has 1 fully saturated rings. The van der Waals surface area contributed by atoms with Gasteiger partial charge in [0.25, 0.3) is 0 Å². The van der Waals surface area contributed by atoms with Crippen LogP contribution in [0.5, 0.6) is 0 Å². The molecule has 24 heavy (non-hydrogen) atoms. The molecule has 6 nitrogen and oxygen atoms in total. The topological polar surface area (TPSA) is 67.2 Å². The molecule has 0 aliphatic carbocycles. The summed E-state index contributed by atoms with van der Waals surface area (Å²) in [5, 5.41) is 7.09. The SMILES string of the molecule is CC1CC(=O)NCCN1C(=O)/C=C/c1cnn(-c2ccccc2)c1. The lowest BCUT2D eigenvalue weighted by Gasteiger charge is -2.24. The Bertz CT molecular complexity index is 751. The van der Waals surface area contributed by atoms with Crippen molar-refractivity contribution in [2.24, 2.45) is 0 Å². The molecule has 1 saturated heterocycles. The number of carbonyl (C=O) groups excluding carboxylic acids is 2. The zero-order valence-electron chi connectivity index (χ0n) is 13.6. The van der Waals surface area contributed by atoms with Crippen LogP contribution in [0.4, 0.5) is 0 Å². The molecule has 0 bridgehead atoms. The van der Waals surface area contributed by atoms with Gasteiger partial charge in [0, 0.05) is 43.4 Å². The fourth-order valence-electron chi connectivity index (χ4n) is 2.72. The Kier molecular flexibility index (Phi) is 4.74. The van der Waals surface area contributed by atoms with Gasteiger partial charge in [-0.3, -0.25) is 9.59 Å². The zero-order chi connectivity index (χ0) is 16.9. The highest BCUT2D eigenvalue weighted by atomic mass is 16.2. The van der Waals surface area contributed by atoms with Gasteiger partial charge < -0.3 is 10.2 Å². The zero-order valence-corrected chi connectivity index (χ0v) is 13.6. The molecule has 1 aliphatic rings. The highest BCUT2D eigenvalue weighted by Gasteiger charge is 2.23. The molecule has 0 saturated carbocycles. The molecule has 2 heterocycles. The van der Waals surface area contributed by atoms with Gasteiger partial charge in [0.2, 0.25) is 11.8 Å². The lowest BCUT2D eigenvalue weighted by atomic mass is 10.2. The van der Waals surface area contributed by atoms with E-state index in [0.29, 0.717) is 19.5 Å². The van der Waals surface area contributed by atoms with Crippen molar-refractivity contribution in [3.05, 3.63) is 54.4 Å². The van der Waals surface area contributed by atoms with Crippen molar-refractivity contribution in [3.63, 3.8) is 0 Å². The van der Waals surface area contributed by atoms with Crippen molar-refractivity contribution >= 4 is 17.9 Å². The first kappa shape index (κ1) is 16.0. The van der Waals surface area contributed by atoms with Crippen molar-refractivity contribution in [1.29, 1.82) is 0 Å². The molecule has 0 radical (unpaired) electrons. The Labute approximate surface area is 140 Å². The molecule has 1 aromatic carbocycles. The average Bonchev–Trinajstić information content (AvgIpc) is 2.99. The van der Waals surface area contributed by atoms with Crippen LogP contribution in [0.1, 0.15) is 18.9 Å². The van der Waals surface area contributed by atoms with E-state index < -0.39 is 0 Å². The summed E-state index contributed by atoms with van der Waals surface area (Å²) in [5.74, 6) is -0.0996. The summed E-state index contributed by atoms with van der Waals surface area (Å²) >= 11 is 0. The molecule has 1 atom stereocenters. The number of hydrogen-bond acceptors (Lipinski definition) is 3. The quantitative estimate of drug-likeness (QED) is 0.873. The third kappa shape index (κ3) is 3.71. The summed E-state index contributed by atoms with van der Waals surface area (Å²) in [4.78, 5) is 25.6. The monoisotopic (exact) mass is 324 g/mol. The minimum atomic E-state index is -0.100. The molecule has 0 spiro atoms. The molecule has 2 aromatic rings. The Hall–Kier alpha value is -2.89. The Morgan fingerprint density at radius 3 is 2.92 bits per heavy atom. The van der Waals surface area contributed by atoms with Crippen LogP contribution in [0.25, 0.3) is 11.8 Å². The van der Waals surface area contributed by atoms with E-state index in [0.717, 1.165) is 11.3 Å². The standard InChI is InChI=1S/C18H20N4O2/c1-14-11-17(23)19-9-10-21(14)18(24)8-7-15-12-20-22(13-15)16-5-3-2-4-6-16/h2-8,12-14H,9-11H2,1H3,(H,19,23)/b8-7+. The number of amides is 2. The summed E-state index contributed by atoms with van der Waals surface area (Å²) in [6, 6.07) is 9.69. The van der Waals surface area contributed by atoms with E-state index in [9.17, 15) is 9.59 Å². The lowest BCUT2D eigenvalue weighted by molar-refractivity contribution is -0.128. The molecule has 1 aliphatic heterocycles. The van der Waals surface area contributed by atoms with Crippen LogP contribution in [0.2, 0.25) is 0 Å². The Morgan fingerprint density at radius 2 is 2.12 bits per heavy atom. The maximum Gasteiger partial charge on any atom is 0.246 e. The normalized spacial score (nSPS) is 18.5. The molecule has 1 unspecified atom stereocenters. The van der Waals surface area contributed by atoms with Gasteiger partial charge in [-0.2, -0.15) is 5.10 Å². The first-order valence-corrected chi connectivity index (χ1v) is 7.99. The van der Waals surface area contributed by atoms with Crippen molar-refractivity contribution < 1.29 is 9.59 Å². The minimum Gasteiger partial charge on any atom is -0.354 e. The van der Waals surface area contributed by atoms with Crippen LogP contribution in [0.3, 0.4) is 0 Å². The molecule has 124 valence electrons. The van der Waals surface area contributed by atoms with Crippen LogP contribution >= 0.6 is 0 Å². The number of benzene rings is 1.